The molecule has 1 saturated heterocycles. The van der Waals surface area contributed by atoms with Crippen molar-refractivity contribution in [1.82, 2.24) is 14.5 Å². The lowest BCUT2D eigenvalue weighted by Gasteiger charge is -2.28. The van der Waals surface area contributed by atoms with Gasteiger partial charge in [-0.1, -0.05) is 35.3 Å². The molecule has 36 heavy (non-hydrogen) atoms. The van der Waals surface area contributed by atoms with Crippen molar-refractivity contribution in [2.45, 2.75) is 58.0 Å². The molecule has 2 aromatic carbocycles. The summed E-state index contributed by atoms with van der Waals surface area (Å²) in [5.74, 6) is 1.93. The Labute approximate surface area is 223 Å². The summed E-state index contributed by atoms with van der Waals surface area (Å²) in [4.78, 5) is 23.0. The van der Waals surface area contributed by atoms with Gasteiger partial charge >= 0.3 is 0 Å². The van der Waals surface area contributed by atoms with E-state index >= 15 is 0 Å². The monoisotopic (exact) mass is 522 g/mol. The molecule has 2 aliphatic heterocycles. The standard InChI is InChI=1S/C29H32Cl2N4O/c30-24-9-7-21(14-25(24)31)15-29(36)35(17-20-5-6-20)18-23-16-22(8-10-27(23)33-11-1-2-12-33)26-19-34-13-3-4-28(34)32-26/h7-10,14,16,19-20H,1-6,11-13,15,17-18H2. The van der Waals surface area contributed by atoms with E-state index in [9.17, 15) is 4.79 Å². The number of imidazole rings is 1. The van der Waals surface area contributed by atoms with Gasteiger partial charge in [0.1, 0.15) is 5.82 Å². The quantitative estimate of drug-likeness (QED) is 0.344. The van der Waals surface area contributed by atoms with Gasteiger partial charge in [0.15, 0.2) is 0 Å². The highest BCUT2D eigenvalue weighted by molar-refractivity contribution is 6.42. The van der Waals surface area contributed by atoms with Crippen molar-refractivity contribution < 1.29 is 4.79 Å². The Morgan fingerprint density at radius 2 is 1.83 bits per heavy atom. The molecule has 188 valence electrons. The molecule has 0 bridgehead atoms. The molecule has 3 heterocycles. The predicted molar refractivity (Wildman–Crippen MR) is 146 cm³/mol. The van der Waals surface area contributed by atoms with Gasteiger partial charge in [-0.15, -0.1) is 0 Å². The Morgan fingerprint density at radius 1 is 1.00 bits per heavy atom. The van der Waals surface area contributed by atoms with Crippen LogP contribution in [0.3, 0.4) is 0 Å². The number of anilines is 1. The van der Waals surface area contributed by atoms with Crippen LogP contribution < -0.4 is 4.90 Å². The summed E-state index contributed by atoms with van der Waals surface area (Å²) in [6.45, 7) is 4.63. The molecule has 5 nitrogen and oxygen atoms in total. The predicted octanol–water partition coefficient (Wildman–Crippen LogP) is 6.38. The van der Waals surface area contributed by atoms with Crippen molar-refractivity contribution >= 4 is 34.8 Å². The first-order valence-corrected chi connectivity index (χ1v) is 13.9. The number of carbonyl (C=O) groups is 1. The third-order valence-corrected chi connectivity index (χ3v) is 8.45. The average Bonchev–Trinajstić information content (AvgIpc) is 3.23. The van der Waals surface area contributed by atoms with E-state index in [4.69, 9.17) is 28.2 Å². The minimum atomic E-state index is 0.138. The summed E-state index contributed by atoms with van der Waals surface area (Å²) in [7, 11) is 0. The van der Waals surface area contributed by atoms with Crippen molar-refractivity contribution in [2.24, 2.45) is 5.92 Å². The second-order valence-corrected chi connectivity index (χ2v) is 11.3. The Morgan fingerprint density at radius 3 is 2.58 bits per heavy atom. The molecule has 1 aromatic heterocycles. The van der Waals surface area contributed by atoms with Crippen LogP contribution in [0.1, 0.15) is 49.1 Å². The minimum absolute atomic E-state index is 0.138. The van der Waals surface area contributed by atoms with E-state index in [1.165, 1.54) is 49.2 Å². The first-order valence-electron chi connectivity index (χ1n) is 13.2. The summed E-state index contributed by atoms with van der Waals surface area (Å²) in [5.41, 5.74) is 5.54. The van der Waals surface area contributed by atoms with Gasteiger partial charge in [-0.25, -0.2) is 4.98 Å². The van der Waals surface area contributed by atoms with Crippen molar-refractivity contribution in [3.8, 4) is 11.3 Å². The summed E-state index contributed by atoms with van der Waals surface area (Å²) < 4.78 is 2.28. The zero-order chi connectivity index (χ0) is 24.6. The number of aryl methyl sites for hydroxylation is 2. The van der Waals surface area contributed by atoms with Gasteiger partial charge < -0.3 is 14.4 Å². The number of fused-ring (bicyclic) bond motifs is 1. The number of nitrogens with zero attached hydrogens (tertiary/aromatic N) is 4. The molecule has 0 N–H and O–H groups in total. The summed E-state index contributed by atoms with van der Waals surface area (Å²) in [5, 5.41) is 1.01. The van der Waals surface area contributed by atoms with Crippen LogP contribution in [0.15, 0.2) is 42.6 Å². The largest absolute Gasteiger partial charge is 0.371 e. The molecule has 7 heteroatoms. The molecule has 1 amide bonds. The highest BCUT2D eigenvalue weighted by Crippen LogP contribution is 2.34. The fourth-order valence-electron chi connectivity index (χ4n) is 5.54. The highest BCUT2D eigenvalue weighted by Gasteiger charge is 2.28. The van der Waals surface area contributed by atoms with Gasteiger partial charge in [-0.2, -0.15) is 0 Å². The molecular formula is C29H32Cl2N4O. The molecule has 3 aliphatic rings. The van der Waals surface area contributed by atoms with Crippen molar-refractivity contribution in [3.05, 3.63) is 69.6 Å². The van der Waals surface area contributed by atoms with Crippen LogP contribution in [0.4, 0.5) is 5.69 Å². The van der Waals surface area contributed by atoms with Crippen LogP contribution in [-0.4, -0.2) is 40.0 Å². The third kappa shape index (κ3) is 5.14. The zero-order valence-electron chi connectivity index (χ0n) is 20.6. The number of carbonyl (C=O) groups excluding carboxylic acids is 1. The maximum Gasteiger partial charge on any atom is 0.227 e. The molecule has 2 fully saturated rings. The van der Waals surface area contributed by atoms with E-state index in [1.807, 2.05) is 12.1 Å². The molecule has 1 aliphatic carbocycles. The number of benzene rings is 2. The molecule has 0 spiro atoms. The molecular weight excluding hydrogens is 491 g/mol. The number of hydrogen-bond donors (Lipinski definition) is 0. The van der Waals surface area contributed by atoms with Crippen molar-refractivity contribution in [3.63, 3.8) is 0 Å². The van der Waals surface area contributed by atoms with Crippen molar-refractivity contribution in [1.29, 1.82) is 0 Å². The van der Waals surface area contributed by atoms with E-state index in [1.54, 1.807) is 6.07 Å². The van der Waals surface area contributed by atoms with E-state index in [0.717, 1.165) is 49.4 Å². The Balaban J connectivity index is 1.30. The van der Waals surface area contributed by atoms with E-state index < -0.39 is 0 Å². The van der Waals surface area contributed by atoms with Crippen LogP contribution in [-0.2, 0) is 30.7 Å². The van der Waals surface area contributed by atoms with Crippen LogP contribution in [0.5, 0.6) is 0 Å². The first kappa shape index (κ1) is 23.9. The van der Waals surface area contributed by atoms with Crippen LogP contribution in [0.25, 0.3) is 11.3 Å². The molecule has 6 rings (SSSR count). The number of halogens is 2. The molecule has 3 aromatic rings. The van der Waals surface area contributed by atoms with Gasteiger partial charge in [0.2, 0.25) is 5.91 Å². The maximum absolute atomic E-state index is 13.6. The third-order valence-electron chi connectivity index (χ3n) is 7.71. The Kier molecular flexibility index (Phi) is 6.70. The molecule has 0 unspecified atom stereocenters. The number of aromatic nitrogens is 2. The number of rotatable bonds is 8. The maximum atomic E-state index is 13.6. The molecule has 0 radical (unpaired) electrons. The van der Waals surface area contributed by atoms with Gasteiger partial charge in [-0.05, 0) is 73.4 Å². The zero-order valence-corrected chi connectivity index (χ0v) is 22.1. The summed E-state index contributed by atoms with van der Waals surface area (Å²) in [6, 6.07) is 12.2. The highest BCUT2D eigenvalue weighted by atomic mass is 35.5. The fourth-order valence-corrected chi connectivity index (χ4v) is 5.86. The lowest BCUT2D eigenvalue weighted by molar-refractivity contribution is -0.131. The van der Waals surface area contributed by atoms with Crippen LogP contribution in [0, 0.1) is 5.92 Å². The summed E-state index contributed by atoms with van der Waals surface area (Å²) in [6.07, 6.45) is 9.60. The Bertz CT molecular complexity index is 1250. The number of hydrogen-bond acceptors (Lipinski definition) is 3. The average molecular weight is 524 g/mol. The first-order chi connectivity index (χ1) is 17.5. The lowest BCUT2D eigenvalue weighted by atomic mass is 10.0. The van der Waals surface area contributed by atoms with Crippen LogP contribution >= 0.6 is 23.2 Å². The fraction of sp³-hybridized carbons (Fsp3) is 0.448. The van der Waals surface area contributed by atoms with Crippen LogP contribution in [0.2, 0.25) is 10.0 Å². The topological polar surface area (TPSA) is 41.4 Å². The second-order valence-electron chi connectivity index (χ2n) is 10.5. The van der Waals surface area contributed by atoms with Gasteiger partial charge in [-0.3, -0.25) is 4.79 Å². The molecule has 1 saturated carbocycles. The van der Waals surface area contributed by atoms with Crippen molar-refractivity contribution in [2.75, 3.05) is 24.5 Å². The Hall–Kier alpha value is -2.50. The van der Waals surface area contributed by atoms with E-state index in [0.29, 0.717) is 28.9 Å². The second kappa shape index (κ2) is 10.1. The van der Waals surface area contributed by atoms with E-state index in [2.05, 4.69) is 38.8 Å². The van der Waals surface area contributed by atoms with Gasteiger partial charge in [0.05, 0.1) is 22.2 Å². The lowest BCUT2D eigenvalue weighted by Crippen LogP contribution is -2.34. The molecule has 0 atom stereocenters. The number of amides is 1. The minimum Gasteiger partial charge on any atom is -0.371 e. The normalized spacial score (nSPS) is 17.0. The smallest absolute Gasteiger partial charge is 0.227 e. The van der Waals surface area contributed by atoms with Gasteiger partial charge in [0.25, 0.3) is 0 Å². The van der Waals surface area contributed by atoms with Gasteiger partial charge in [0, 0.05) is 56.6 Å². The van der Waals surface area contributed by atoms with E-state index in [-0.39, 0.29) is 5.91 Å². The summed E-state index contributed by atoms with van der Waals surface area (Å²) >= 11 is 12.3. The SMILES string of the molecule is O=C(Cc1ccc(Cl)c(Cl)c1)N(Cc1cc(-c2cn3c(n2)CCC3)ccc1N1CCCC1)CC1CC1.